The summed E-state index contributed by atoms with van der Waals surface area (Å²) in [6.07, 6.45) is 0.0495. The molecule has 1 spiro atoms. The number of aromatic hydroxyl groups is 1. The first kappa shape index (κ1) is 22.2. The van der Waals surface area contributed by atoms with Gasteiger partial charge in [-0.05, 0) is 58.0 Å². The number of nitrogens with zero attached hydrogens (tertiary/aromatic N) is 1. The topological polar surface area (TPSA) is 126 Å². The number of aliphatic hydroxyl groups excluding tert-OH is 1. The van der Waals surface area contributed by atoms with Crippen molar-refractivity contribution in [1.82, 2.24) is 4.90 Å². The molecule has 3 N–H and O–H groups in total. The third-order valence-electron chi connectivity index (χ3n) is 7.67. The van der Waals surface area contributed by atoms with E-state index < -0.39 is 41.3 Å². The molecule has 4 aliphatic rings. The number of rotatable bonds is 5. The van der Waals surface area contributed by atoms with E-state index in [9.17, 15) is 24.9 Å². The van der Waals surface area contributed by atoms with Crippen LogP contribution in [0.4, 0.5) is 0 Å². The van der Waals surface area contributed by atoms with Crippen LogP contribution in [0.3, 0.4) is 0 Å². The van der Waals surface area contributed by atoms with Gasteiger partial charge in [0.05, 0.1) is 23.5 Å². The second kappa shape index (κ2) is 7.44. The molecule has 33 heavy (non-hydrogen) atoms. The van der Waals surface area contributed by atoms with Crippen molar-refractivity contribution in [3.8, 4) is 11.5 Å². The summed E-state index contributed by atoms with van der Waals surface area (Å²) in [6.45, 7) is 3.58. The van der Waals surface area contributed by atoms with Crippen molar-refractivity contribution in [1.29, 1.82) is 0 Å². The number of aliphatic hydroxyl groups is 2. The molecule has 1 fully saturated rings. The summed E-state index contributed by atoms with van der Waals surface area (Å²) in [4.78, 5) is 26.7. The average Bonchev–Trinajstić information content (AvgIpc) is 3.09. The number of hydrogen-bond acceptors (Lipinski definition) is 9. The maximum Gasteiger partial charge on any atom is 0.352 e. The highest BCUT2D eigenvalue weighted by molar-refractivity contribution is 5.80. The summed E-state index contributed by atoms with van der Waals surface area (Å²) in [6, 6.07) is 3.33. The molecule has 1 aromatic rings. The fourth-order valence-corrected chi connectivity index (χ4v) is 6.17. The first-order valence-corrected chi connectivity index (χ1v) is 11.3. The molecule has 6 atom stereocenters. The van der Waals surface area contributed by atoms with Gasteiger partial charge in [0.25, 0.3) is 0 Å². The Morgan fingerprint density at radius 2 is 2.09 bits per heavy atom. The summed E-state index contributed by atoms with van der Waals surface area (Å²) in [5.74, 6) is -0.909. The van der Waals surface area contributed by atoms with E-state index in [4.69, 9.17) is 14.2 Å². The van der Waals surface area contributed by atoms with Crippen molar-refractivity contribution >= 4 is 11.9 Å². The Hall–Kier alpha value is -2.62. The van der Waals surface area contributed by atoms with Gasteiger partial charge in [-0.25, -0.2) is 4.79 Å². The zero-order valence-electron chi connectivity index (χ0n) is 18.9. The fourth-order valence-electron chi connectivity index (χ4n) is 6.17. The molecule has 0 saturated carbocycles. The normalized spacial score (nSPS) is 33.3. The Kier molecular flexibility index (Phi) is 5.00. The van der Waals surface area contributed by atoms with Crippen LogP contribution in [0.1, 0.15) is 44.2 Å². The monoisotopic (exact) mass is 459 g/mol. The highest BCUT2D eigenvalue weighted by Gasteiger charge is 2.72. The van der Waals surface area contributed by atoms with Crippen molar-refractivity contribution in [2.75, 3.05) is 13.6 Å². The van der Waals surface area contributed by atoms with Crippen LogP contribution in [0, 0.1) is 0 Å². The average molecular weight is 459 g/mol. The Bertz CT molecular complexity index is 1050. The largest absolute Gasteiger partial charge is 0.504 e. The number of hydrogen-bond donors (Lipinski definition) is 3. The van der Waals surface area contributed by atoms with Crippen LogP contribution in [0.25, 0.3) is 0 Å². The summed E-state index contributed by atoms with van der Waals surface area (Å²) in [7, 11) is 2.00. The number of piperidine rings is 1. The molecule has 9 nitrogen and oxygen atoms in total. The summed E-state index contributed by atoms with van der Waals surface area (Å²) < 4.78 is 17.0. The quantitative estimate of drug-likeness (QED) is 0.551. The maximum absolute atomic E-state index is 12.7. The van der Waals surface area contributed by atoms with E-state index >= 15 is 0 Å². The molecule has 2 unspecified atom stereocenters. The Morgan fingerprint density at radius 3 is 2.82 bits per heavy atom. The fraction of sp³-hybridized carbons (Fsp3) is 0.583. The molecule has 1 aromatic carbocycles. The Labute approximate surface area is 191 Å². The minimum atomic E-state index is -1.18. The van der Waals surface area contributed by atoms with Gasteiger partial charge in [-0.1, -0.05) is 6.07 Å². The molecular weight excluding hydrogens is 430 g/mol. The van der Waals surface area contributed by atoms with E-state index in [2.05, 4.69) is 4.90 Å². The predicted molar refractivity (Wildman–Crippen MR) is 115 cm³/mol. The molecule has 2 aliphatic carbocycles. The van der Waals surface area contributed by atoms with Gasteiger partial charge in [-0.15, -0.1) is 0 Å². The summed E-state index contributed by atoms with van der Waals surface area (Å²) >= 11 is 0. The summed E-state index contributed by atoms with van der Waals surface area (Å²) in [5.41, 5.74) is -0.193. The van der Waals surface area contributed by atoms with Gasteiger partial charge in [0.2, 0.25) is 0 Å². The molecule has 9 heteroatoms. The van der Waals surface area contributed by atoms with Crippen LogP contribution >= 0.6 is 0 Å². The number of carbonyl (C=O) groups excluding carboxylic acids is 2. The minimum Gasteiger partial charge on any atom is -0.504 e. The molecule has 2 aliphatic heterocycles. The molecule has 2 heterocycles. The molecule has 0 aromatic heterocycles. The van der Waals surface area contributed by atoms with E-state index in [1.54, 1.807) is 12.1 Å². The van der Waals surface area contributed by atoms with Crippen LogP contribution in [-0.4, -0.2) is 75.7 Å². The third-order valence-corrected chi connectivity index (χ3v) is 7.67. The van der Waals surface area contributed by atoms with Crippen LogP contribution in [0.15, 0.2) is 24.0 Å². The Balaban J connectivity index is 1.48. The standard InChI is InChI=1S/C24H29NO8/c1-12(26)10-18(28)31-13(2)22(29)32-16-6-7-24(30)17-11-14-4-5-15(27)20-19(14)23(24,21(16)33-20)8-9-25(17)3/h4-6,12-13,17,21,26-27,30H,7-11H2,1-3H3/t12-,13+,17-,21?,23?,24-/m1/s1. The van der Waals surface area contributed by atoms with Crippen molar-refractivity contribution < 1.29 is 39.1 Å². The van der Waals surface area contributed by atoms with Gasteiger partial charge in [0, 0.05) is 18.0 Å². The lowest BCUT2D eigenvalue weighted by Crippen LogP contribution is -2.74. The maximum atomic E-state index is 12.7. The lowest BCUT2D eigenvalue weighted by molar-refractivity contribution is -0.175. The summed E-state index contributed by atoms with van der Waals surface area (Å²) in [5, 5.41) is 31.9. The molecule has 0 radical (unpaired) electrons. The van der Waals surface area contributed by atoms with Gasteiger partial charge in [-0.2, -0.15) is 0 Å². The highest BCUT2D eigenvalue weighted by Crippen LogP contribution is 2.65. The first-order valence-electron chi connectivity index (χ1n) is 11.3. The smallest absolute Gasteiger partial charge is 0.352 e. The van der Waals surface area contributed by atoms with Crippen LogP contribution in [-0.2, 0) is 30.9 Å². The highest BCUT2D eigenvalue weighted by atomic mass is 16.6. The van der Waals surface area contributed by atoms with E-state index in [1.165, 1.54) is 13.8 Å². The molecule has 2 bridgehead atoms. The molecule has 1 saturated heterocycles. The van der Waals surface area contributed by atoms with Gasteiger partial charge in [0.1, 0.15) is 5.76 Å². The lowest BCUT2D eigenvalue weighted by Gasteiger charge is -2.61. The number of phenolic OH excluding ortho intramolecular Hbond substituents is 1. The SMILES string of the molecule is C[C@H](OC(=O)C[C@@H](C)O)C(=O)OC1=CC[C@@]2(O)[C@H]3Cc4ccc(O)c5c4C2(CCN3C)C1O5. The lowest BCUT2D eigenvalue weighted by atomic mass is 9.50. The van der Waals surface area contributed by atoms with Crippen molar-refractivity contribution in [3.63, 3.8) is 0 Å². The number of phenols is 1. The second-order valence-corrected chi connectivity index (χ2v) is 9.71. The Morgan fingerprint density at radius 1 is 1.33 bits per heavy atom. The third kappa shape index (κ3) is 3.02. The second-order valence-electron chi connectivity index (χ2n) is 9.71. The van der Waals surface area contributed by atoms with Gasteiger partial charge in [-0.3, -0.25) is 4.79 Å². The van der Waals surface area contributed by atoms with Crippen molar-refractivity contribution in [2.24, 2.45) is 0 Å². The van der Waals surface area contributed by atoms with Crippen molar-refractivity contribution in [2.45, 2.75) is 74.9 Å². The molecule has 178 valence electrons. The van der Waals surface area contributed by atoms with E-state index in [0.717, 1.165) is 17.7 Å². The van der Waals surface area contributed by atoms with Crippen molar-refractivity contribution in [3.05, 3.63) is 35.1 Å². The number of carbonyl (C=O) groups is 2. The molecule has 0 amide bonds. The number of ether oxygens (including phenoxy) is 3. The van der Waals surface area contributed by atoms with E-state index in [-0.39, 0.29) is 30.4 Å². The number of likely N-dealkylation sites (tertiary alicyclic amines) is 1. The number of benzene rings is 1. The zero-order chi connectivity index (χ0) is 23.7. The molecular formula is C24H29NO8. The van der Waals surface area contributed by atoms with E-state index in [0.29, 0.717) is 18.6 Å². The van der Waals surface area contributed by atoms with Crippen LogP contribution in [0.2, 0.25) is 0 Å². The zero-order valence-corrected chi connectivity index (χ0v) is 18.9. The van der Waals surface area contributed by atoms with Gasteiger partial charge < -0.3 is 34.4 Å². The van der Waals surface area contributed by atoms with E-state index in [1.807, 2.05) is 13.1 Å². The predicted octanol–water partition coefficient (Wildman–Crippen LogP) is 0.916. The first-order chi connectivity index (χ1) is 15.6. The van der Waals surface area contributed by atoms with Crippen LogP contribution < -0.4 is 4.74 Å². The van der Waals surface area contributed by atoms with Crippen LogP contribution in [0.5, 0.6) is 11.5 Å². The number of esters is 2. The number of likely N-dealkylation sites (N-methyl/N-ethyl adjacent to an activating group) is 1. The minimum absolute atomic E-state index is 0.0108. The van der Waals surface area contributed by atoms with Gasteiger partial charge >= 0.3 is 11.9 Å². The molecule has 5 rings (SSSR count). The van der Waals surface area contributed by atoms with Gasteiger partial charge in [0.15, 0.2) is 23.7 Å².